The molecule has 0 aliphatic heterocycles. The molecule has 5 heteroatoms. The Kier molecular flexibility index (Phi) is 3.72. The standard InChI is InChI=1S/C13H10F2O2S/c1-2-17-10-5-4-9(12(14)13(10)15)11-6-3-8(7-16)18-11/h3-7H,2H2,1H3. The second kappa shape index (κ2) is 5.27. The van der Waals surface area contributed by atoms with Gasteiger partial charge >= 0.3 is 0 Å². The fourth-order valence-electron chi connectivity index (χ4n) is 1.55. The van der Waals surface area contributed by atoms with E-state index in [0.29, 0.717) is 16.0 Å². The molecule has 0 aliphatic carbocycles. The predicted octanol–water partition coefficient (Wildman–Crippen LogP) is 3.90. The molecular formula is C13H10F2O2S. The lowest BCUT2D eigenvalue weighted by atomic mass is 10.1. The van der Waals surface area contributed by atoms with Crippen molar-refractivity contribution in [3.63, 3.8) is 0 Å². The molecule has 18 heavy (non-hydrogen) atoms. The van der Waals surface area contributed by atoms with Crippen molar-refractivity contribution in [3.05, 3.63) is 40.8 Å². The summed E-state index contributed by atoms with van der Waals surface area (Å²) in [5.74, 6) is -2.07. The SMILES string of the molecule is CCOc1ccc(-c2ccc(C=O)s2)c(F)c1F. The number of benzene rings is 1. The van der Waals surface area contributed by atoms with E-state index in [1.54, 1.807) is 19.1 Å². The molecule has 0 unspecified atom stereocenters. The van der Waals surface area contributed by atoms with Crippen molar-refractivity contribution in [2.24, 2.45) is 0 Å². The van der Waals surface area contributed by atoms with Crippen LogP contribution >= 0.6 is 11.3 Å². The van der Waals surface area contributed by atoms with Gasteiger partial charge < -0.3 is 4.74 Å². The van der Waals surface area contributed by atoms with Gasteiger partial charge in [0.1, 0.15) is 0 Å². The van der Waals surface area contributed by atoms with Gasteiger partial charge in [0, 0.05) is 10.4 Å². The van der Waals surface area contributed by atoms with Crippen LogP contribution in [0.25, 0.3) is 10.4 Å². The number of halogens is 2. The van der Waals surface area contributed by atoms with E-state index in [2.05, 4.69) is 0 Å². The van der Waals surface area contributed by atoms with Crippen LogP contribution in [0.1, 0.15) is 16.6 Å². The molecule has 0 saturated heterocycles. The maximum atomic E-state index is 13.8. The second-order valence-corrected chi connectivity index (χ2v) is 4.61. The molecule has 0 fully saturated rings. The molecule has 0 amide bonds. The number of rotatable bonds is 4. The molecule has 0 atom stereocenters. The maximum Gasteiger partial charge on any atom is 0.201 e. The van der Waals surface area contributed by atoms with Gasteiger partial charge in [0.05, 0.1) is 11.5 Å². The van der Waals surface area contributed by atoms with Crippen molar-refractivity contribution in [2.45, 2.75) is 6.92 Å². The lowest BCUT2D eigenvalue weighted by Gasteiger charge is -2.07. The van der Waals surface area contributed by atoms with Gasteiger partial charge in [-0.15, -0.1) is 11.3 Å². The first-order valence-electron chi connectivity index (χ1n) is 5.33. The zero-order valence-corrected chi connectivity index (χ0v) is 10.4. The Hall–Kier alpha value is -1.75. The Morgan fingerprint density at radius 3 is 2.61 bits per heavy atom. The van der Waals surface area contributed by atoms with Crippen LogP contribution in [0.3, 0.4) is 0 Å². The average Bonchev–Trinajstić information content (AvgIpc) is 2.84. The fourth-order valence-corrected chi connectivity index (χ4v) is 2.39. The van der Waals surface area contributed by atoms with Crippen molar-refractivity contribution in [2.75, 3.05) is 6.61 Å². The minimum Gasteiger partial charge on any atom is -0.491 e. The van der Waals surface area contributed by atoms with Gasteiger partial charge in [-0.05, 0) is 31.2 Å². The smallest absolute Gasteiger partial charge is 0.201 e. The number of hydrogen-bond donors (Lipinski definition) is 0. The zero-order valence-electron chi connectivity index (χ0n) is 9.57. The summed E-state index contributed by atoms with van der Waals surface area (Å²) < 4.78 is 32.5. The van der Waals surface area contributed by atoms with Gasteiger partial charge in [0.25, 0.3) is 0 Å². The highest BCUT2D eigenvalue weighted by molar-refractivity contribution is 7.17. The summed E-state index contributed by atoms with van der Waals surface area (Å²) in [5.41, 5.74) is 0.133. The van der Waals surface area contributed by atoms with E-state index in [4.69, 9.17) is 4.74 Å². The molecule has 0 bridgehead atoms. The number of hydrogen-bond acceptors (Lipinski definition) is 3. The molecule has 0 spiro atoms. The third-order valence-corrected chi connectivity index (χ3v) is 3.40. The van der Waals surface area contributed by atoms with E-state index in [1.807, 2.05) is 0 Å². The van der Waals surface area contributed by atoms with Crippen molar-refractivity contribution < 1.29 is 18.3 Å². The summed E-state index contributed by atoms with van der Waals surface area (Å²) in [7, 11) is 0. The molecule has 0 aliphatic rings. The van der Waals surface area contributed by atoms with E-state index >= 15 is 0 Å². The van der Waals surface area contributed by atoms with Crippen molar-refractivity contribution in [1.82, 2.24) is 0 Å². The first-order valence-corrected chi connectivity index (χ1v) is 6.15. The third kappa shape index (κ3) is 2.26. The van der Waals surface area contributed by atoms with Crippen LogP contribution in [-0.2, 0) is 0 Å². The highest BCUT2D eigenvalue weighted by Gasteiger charge is 2.16. The number of carbonyl (C=O) groups excluding carboxylic acids is 1. The molecule has 2 aromatic rings. The van der Waals surface area contributed by atoms with E-state index < -0.39 is 11.6 Å². The van der Waals surface area contributed by atoms with Crippen molar-refractivity contribution in [3.8, 4) is 16.2 Å². The summed E-state index contributed by atoms with van der Waals surface area (Å²) in [6, 6.07) is 5.99. The highest BCUT2D eigenvalue weighted by Crippen LogP contribution is 2.33. The summed E-state index contributed by atoms with van der Waals surface area (Å²) in [4.78, 5) is 11.5. The molecule has 0 radical (unpaired) electrons. The molecule has 94 valence electrons. The Labute approximate surface area is 107 Å². The number of thiophene rings is 1. The molecule has 1 aromatic carbocycles. The molecule has 0 saturated carbocycles. The molecule has 0 N–H and O–H groups in total. The Balaban J connectivity index is 2.46. The highest BCUT2D eigenvalue weighted by atomic mass is 32.1. The predicted molar refractivity (Wildman–Crippen MR) is 66.2 cm³/mol. The van der Waals surface area contributed by atoms with Crippen LogP contribution in [-0.4, -0.2) is 12.9 Å². The summed E-state index contributed by atoms with van der Waals surface area (Å²) in [6.07, 6.45) is 0.678. The monoisotopic (exact) mass is 268 g/mol. The van der Waals surface area contributed by atoms with Gasteiger partial charge in [-0.3, -0.25) is 4.79 Å². The third-order valence-electron chi connectivity index (χ3n) is 2.36. The first-order chi connectivity index (χ1) is 8.67. The Bertz CT molecular complexity index is 578. The number of aldehydes is 1. The average molecular weight is 268 g/mol. The molecule has 1 aromatic heterocycles. The van der Waals surface area contributed by atoms with Crippen molar-refractivity contribution in [1.29, 1.82) is 0 Å². The van der Waals surface area contributed by atoms with Gasteiger partial charge in [-0.2, -0.15) is 4.39 Å². The normalized spacial score (nSPS) is 10.4. The quantitative estimate of drug-likeness (QED) is 0.786. The lowest BCUT2D eigenvalue weighted by Crippen LogP contribution is -1.98. The van der Waals surface area contributed by atoms with Crippen LogP contribution in [0, 0.1) is 11.6 Å². The Morgan fingerprint density at radius 2 is 2.00 bits per heavy atom. The number of ether oxygens (including phenoxy) is 1. The first kappa shape index (κ1) is 12.7. The van der Waals surface area contributed by atoms with Gasteiger partial charge in [0.2, 0.25) is 5.82 Å². The van der Waals surface area contributed by atoms with Gasteiger partial charge in [0.15, 0.2) is 17.9 Å². The summed E-state index contributed by atoms with van der Waals surface area (Å²) in [6.45, 7) is 1.96. The minimum atomic E-state index is -1.00. The van der Waals surface area contributed by atoms with Gasteiger partial charge in [-0.1, -0.05) is 0 Å². The largest absolute Gasteiger partial charge is 0.491 e. The van der Waals surface area contributed by atoms with Crippen LogP contribution in [0.5, 0.6) is 5.75 Å². The maximum absolute atomic E-state index is 13.8. The molecular weight excluding hydrogens is 258 g/mol. The zero-order chi connectivity index (χ0) is 13.1. The summed E-state index contributed by atoms with van der Waals surface area (Å²) in [5, 5.41) is 0. The van der Waals surface area contributed by atoms with Crippen LogP contribution in [0.15, 0.2) is 24.3 Å². The van der Waals surface area contributed by atoms with E-state index in [0.717, 1.165) is 11.3 Å². The van der Waals surface area contributed by atoms with Crippen molar-refractivity contribution >= 4 is 17.6 Å². The van der Waals surface area contributed by atoms with Gasteiger partial charge in [-0.25, -0.2) is 4.39 Å². The molecule has 2 rings (SSSR count). The lowest BCUT2D eigenvalue weighted by molar-refractivity contribution is 0.112. The van der Waals surface area contributed by atoms with E-state index in [-0.39, 0.29) is 17.9 Å². The van der Waals surface area contributed by atoms with E-state index in [9.17, 15) is 13.6 Å². The molecule has 1 heterocycles. The van der Waals surface area contributed by atoms with Crippen LogP contribution in [0.4, 0.5) is 8.78 Å². The Morgan fingerprint density at radius 1 is 1.22 bits per heavy atom. The fraction of sp³-hybridized carbons (Fsp3) is 0.154. The van der Waals surface area contributed by atoms with Crippen LogP contribution < -0.4 is 4.74 Å². The van der Waals surface area contributed by atoms with E-state index in [1.165, 1.54) is 12.1 Å². The molecule has 2 nitrogen and oxygen atoms in total. The number of carbonyl (C=O) groups is 1. The van der Waals surface area contributed by atoms with Crippen LogP contribution in [0.2, 0.25) is 0 Å². The summed E-state index contributed by atoms with van der Waals surface area (Å²) >= 11 is 1.11. The second-order valence-electron chi connectivity index (χ2n) is 3.49. The topological polar surface area (TPSA) is 26.3 Å². The minimum absolute atomic E-state index is 0.106.